The molecule has 0 atom stereocenters. The summed E-state index contributed by atoms with van der Waals surface area (Å²) >= 11 is 0. The van der Waals surface area contributed by atoms with Crippen LogP contribution in [-0.2, 0) is 17.3 Å². The smallest absolute Gasteiger partial charge is 0.118 e. The van der Waals surface area contributed by atoms with E-state index in [-0.39, 0.29) is 10.8 Å². The summed E-state index contributed by atoms with van der Waals surface area (Å²) in [6.07, 6.45) is 0.789. The summed E-state index contributed by atoms with van der Waals surface area (Å²) < 4.78 is 17.2. The lowest BCUT2D eigenvalue weighted by atomic mass is 9.79. The zero-order valence-corrected chi connectivity index (χ0v) is 42.9. The first-order valence-electron chi connectivity index (χ1n) is 25.4. The predicted molar refractivity (Wildman–Crippen MR) is 306 cm³/mol. The number of benzene rings is 12. The first-order chi connectivity index (χ1) is 34.7. The summed E-state index contributed by atoms with van der Waals surface area (Å²) in [7, 11) is 5.24. The second-order valence-corrected chi connectivity index (χ2v) is 22.4. The van der Waals surface area contributed by atoms with E-state index in [2.05, 4.69) is 206 Å². The quantitative estimate of drug-likeness (QED) is 0.149. The van der Waals surface area contributed by atoms with Gasteiger partial charge in [-0.15, -0.1) is 0 Å². The van der Waals surface area contributed by atoms with Gasteiger partial charge in [-0.05, 0) is 239 Å². The Hall–Kier alpha value is -7.88. The molecule has 0 aromatic heterocycles. The molecule has 0 saturated carbocycles. The summed E-state index contributed by atoms with van der Waals surface area (Å²) in [4.78, 5) is 0. The van der Waals surface area contributed by atoms with Gasteiger partial charge in [-0.3, -0.25) is 0 Å². The van der Waals surface area contributed by atoms with Crippen LogP contribution >= 0.6 is 0 Å². The van der Waals surface area contributed by atoms with Crippen LogP contribution < -0.4 is 14.2 Å². The molecule has 13 rings (SSSR count). The van der Waals surface area contributed by atoms with E-state index in [4.69, 9.17) is 14.2 Å². The normalized spacial score (nSPS) is 12.8. The van der Waals surface area contributed by atoms with Gasteiger partial charge in [0.15, 0.2) is 0 Å². The van der Waals surface area contributed by atoms with Crippen LogP contribution in [0.4, 0.5) is 0 Å². The predicted octanol–water partition coefficient (Wildman–Crippen LogP) is 18.6. The Morgan fingerprint density at radius 2 is 0.625 bits per heavy atom. The molecule has 0 radical (unpaired) electrons. The third kappa shape index (κ3) is 6.70. The monoisotopic (exact) mass is 934 g/mol. The number of fused-ring (bicyclic) bond motifs is 5. The summed E-state index contributed by atoms with van der Waals surface area (Å²) in [5.74, 6) is 2.54. The highest BCUT2D eigenvalue weighted by atomic mass is 16.5. The van der Waals surface area contributed by atoms with Crippen LogP contribution in [0.1, 0.15) is 69.4 Å². The van der Waals surface area contributed by atoms with E-state index in [1.807, 2.05) is 0 Å². The molecule has 1 aliphatic rings. The van der Waals surface area contributed by atoms with Crippen molar-refractivity contribution < 1.29 is 14.2 Å². The molecule has 0 heterocycles. The van der Waals surface area contributed by atoms with Crippen molar-refractivity contribution in [3.8, 4) is 72.9 Å². The maximum Gasteiger partial charge on any atom is 0.118 e. The van der Waals surface area contributed by atoms with Gasteiger partial charge in [0.05, 0.1) is 21.3 Å². The van der Waals surface area contributed by atoms with Crippen molar-refractivity contribution in [1.29, 1.82) is 0 Å². The topological polar surface area (TPSA) is 27.7 Å². The highest BCUT2D eigenvalue weighted by molar-refractivity contribution is 6.34. The molecular weight excluding hydrogens is 877 g/mol. The molecule has 3 nitrogen and oxygen atoms in total. The molecule has 0 bridgehead atoms. The van der Waals surface area contributed by atoms with Crippen molar-refractivity contribution in [2.75, 3.05) is 21.3 Å². The Balaban J connectivity index is 1.23. The third-order valence-corrected chi connectivity index (χ3v) is 16.0. The Bertz CT molecular complexity index is 4130. The third-order valence-electron chi connectivity index (χ3n) is 16.0. The minimum absolute atomic E-state index is 0.0425. The summed E-state index contributed by atoms with van der Waals surface area (Å²) in [5, 5.41) is 15.6. The molecule has 1 aliphatic carbocycles. The molecule has 0 spiro atoms. The molecular formula is C69H58O3. The average molecular weight is 935 g/mol. The fraction of sp³-hybridized carbons (Fsp3) is 0.188. The van der Waals surface area contributed by atoms with Crippen molar-refractivity contribution in [1.82, 2.24) is 0 Å². The van der Waals surface area contributed by atoms with Crippen LogP contribution in [0.5, 0.6) is 17.2 Å². The zero-order valence-electron chi connectivity index (χ0n) is 42.9. The fourth-order valence-electron chi connectivity index (χ4n) is 12.2. The Morgan fingerprint density at radius 3 is 0.944 bits per heavy atom. The van der Waals surface area contributed by atoms with E-state index in [1.54, 1.807) is 21.3 Å². The fourth-order valence-corrected chi connectivity index (χ4v) is 12.2. The van der Waals surface area contributed by atoms with E-state index in [9.17, 15) is 0 Å². The minimum Gasteiger partial charge on any atom is -0.497 e. The van der Waals surface area contributed by atoms with Crippen molar-refractivity contribution in [3.63, 3.8) is 0 Å². The lowest BCUT2D eigenvalue weighted by Crippen LogP contribution is -2.11. The van der Waals surface area contributed by atoms with Crippen LogP contribution in [0, 0.1) is 6.92 Å². The summed E-state index contributed by atoms with van der Waals surface area (Å²) in [5.41, 5.74) is 18.9. The van der Waals surface area contributed by atoms with Crippen LogP contribution in [0.3, 0.4) is 0 Å². The first kappa shape index (κ1) is 44.1. The summed E-state index contributed by atoms with van der Waals surface area (Å²) in [6, 6.07) is 60.1. The molecule has 0 N–H and O–H groups in total. The van der Waals surface area contributed by atoms with Crippen LogP contribution in [0.2, 0.25) is 0 Å². The molecule has 3 heteroatoms. The van der Waals surface area contributed by atoms with Crippen molar-refractivity contribution >= 4 is 64.6 Å². The Labute approximate surface area is 422 Å². The van der Waals surface area contributed by atoms with E-state index in [0.717, 1.165) is 23.7 Å². The van der Waals surface area contributed by atoms with Gasteiger partial charge in [0, 0.05) is 0 Å². The number of ether oxygens (including phenoxy) is 3. The van der Waals surface area contributed by atoms with Gasteiger partial charge in [-0.1, -0.05) is 132 Å². The van der Waals surface area contributed by atoms with E-state index in [1.165, 1.54) is 148 Å². The lowest BCUT2D eigenvalue weighted by molar-refractivity contribution is 0.415. The average Bonchev–Trinajstić information content (AvgIpc) is 3.76. The maximum absolute atomic E-state index is 5.76. The SMILES string of the molecule is COc1ccc(-c2cc3cc(C(C)(C)C)cc4cc(-c5ccc(OC)cc5)c5c6c(cc2c5c34)-c2cc3c(-c4ccc(C)cc4)cc4cc(C(C)(C)C)cc5cc(-c7ccc(OC)cc7)c(c2C6)c3c45)cc1. The van der Waals surface area contributed by atoms with Crippen LogP contribution in [-0.4, -0.2) is 21.3 Å². The number of aryl methyl sites for hydroxylation is 1. The van der Waals surface area contributed by atoms with Gasteiger partial charge >= 0.3 is 0 Å². The van der Waals surface area contributed by atoms with Crippen molar-refractivity contribution in [2.45, 2.75) is 65.7 Å². The number of methoxy groups -OCH3 is 3. The van der Waals surface area contributed by atoms with Gasteiger partial charge in [0.1, 0.15) is 17.2 Å². The molecule has 72 heavy (non-hydrogen) atoms. The molecule has 12 aromatic carbocycles. The van der Waals surface area contributed by atoms with E-state index in [0.29, 0.717) is 0 Å². The van der Waals surface area contributed by atoms with Gasteiger partial charge in [0.25, 0.3) is 0 Å². The van der Waals surface area contributed by atoms with Crippen molar-refractivity contribution in [2.24, 2.45) is 0 Å². The maximum atomic E-state index is 5.76. The first-order valence-corrected chi connectivity index (χ1v) is 25.4. The van der Waals surface area contributed by atoms with Gasteiger partial charge < -0.3 is 14.2 Å². The zero-order chi connectivity index (χ0) is 49.5. The van der Waals surface area contributed by atoms with Gasteiger partial charge in [-0.2, -0.15) is 0 Å². The molecule has 352 valence electrons. The minimum atomic E-state index is -0.0534. The Morgan fingerprint density at radius 1 is 0.319 bits per heavy atom. The standard InChI is InChI=1S/C69H58O3/c1-38-11-13-39(14-12-38)52-31-43-27-47(68(2,3)4)29-45-33-54(41-17-23-50(71-9)24-18-41)64-60-37-61-57(56(60)35-58(52)66(64)62(43)45)36-59-53(40-15-21-49(70-8)22-16-40)32-44-28-48(69(5,6)7)30-46-34-55(65(61)67(59)63(44)46)42-19-25-51(72-10)26-20-42/h11-36H,37H2,1-10H3. The van der Waals surface area contributed by atoms with E-state index >= 15 is 0 Å². The molecule has 0 saturated heterocycles. The molecule has 0 aliphatic heterocycles. The van der Waals surface area contributed by atoms with Crippen LogP contribution in [0.25, 0.3) is 120 Å². The number of hydrogen-bond donors (Lipinski definition) is 0. The molecule has 0 unspecified atom stereocenters. The van der Waals surface area contributed by atoms with Crippen LogP contribution in [0.15, 0.2) is 158 Å². The number of hydrogen-bond acceptors (Lipinski definition) is 3. The van der Waals surface area contributed by atoms with E-state index < -0.39 is 0 Å². The summed E-state index contributed by atoms with van der Waals surface area (Å²) in [6.45, 7) is 16.1. The number of rotatable bonds is 7. The molecule has 12 aromatic rings. The molecule has 0 amide bonds. The second-order valence-electron chi connectivity index (χ2n) is 22.4. The van der Waals surface area contributed by atoms with Crippen molar-refractivity contribution in [3.05, 3.63) is 186 Å². The molecule has 0 fully saturated rings. The highest BCUT2D eigenvalue weighted by Gasteiger charge is 2.32. The van der Waals surface area contributed by atoms with Gasteiger partial charge in [0.2, 0.25) is 0 Å². The van der Waals surface area contributed by atoms with Gasteiger partial charge in [-0.25, -0.2) is 0 Å². The Kier molecular flexibility index (Phi) is 9.68. The largest absolute Gasteiger partial charge is 0.497 e. The lowest BCUT2D eigenvalue weighted by Gasteiger charge is -2.25. The highest BCUT2D eigenvalue weighted by Crippen LogP contribution is 2.56. The second kappa shape index (κ2) is 15.8.